The van der Waals surface area contributed by atoms with Crippen LogP contribution in [0.1, 0.15) is 88.4 Å². The summed E-state index contributed by atoms with van der Waals surface area (Å²) in [5.41, 5.74) is 8.42. The molecule has 4 unspecified atom stereocenters. The SMILES string of the molecule is CC(C)n1cc(-c2nc(N)c3ncn(C4OC(CO[Si](C)(C)C(C)(C)C)C(O[Si](C)(C)C(C)(C)C)C4O[Si](C)(C)C(C)(C)C)c3n2)cn1. The molecule has 48 heavy (non-hydrogen) atoms. The van der Waals surface area contributed by atoms with E-state index in [0.717, 1.165) is 5.56 Å². The Labute approximate surface area is 292 Å². The summed E-state index contributed by atoms with van der Waals surface area (Å²) in [4.78, 5) is 14.3. The Morgan fingerprint density at radius 2 is 1.38 bits per heavy atom. The van der Waals surface area contributed by atoms with E-state index in [4.69, 9.17) is 33.7 Å². The van der Waals surface area contributed by atoms with Crippen molar-refractivity contribution in [3.05, 3.63) is 18.7 Å². The van der Waals surface area contributed by atoms with Gasteiger partial charge in [-0.2, -0.15) is 5.10 Å². The summed E-state index contributed by atoms with van der Waals surface area (Å²) in [6.07, 6.45) is 3.72. The number of hydrogen-bond acceptors (Lipinski definition) is 9. The molecule has 0 aliphatic carbocycles. The minimum Gasteiger partial charge on any atom is -0.414 e. The van der Waals surface area contributed by atoms with E-state index in [1.165, 1.54) is 0 Å². The molecule has 1 aliphatic heterocycles. The molecule has 4 heterocycles. The van der Waals surface area contributed by atoms with Crippen molar-refractivity contribution in [1.82, 2.24) is 29.3 Å². The molecule has 0 spiro atoms. The van der Waals surface area contributed by atoms with Gasteiger partial charge in [0.1, 0.15) is 23.8 Å². The van der Waals surface area contributed by atoms with Crippen LogP contribution in [-0.4, -0.2) is 79.2 Å². The van der Waals surface area contributed by atoms with Crippen molar-refractivity contribution >= 4 is 41.9 Å². The lowest BCUT2D eigenvalue weighted by molar-refractivity contribution is -0.0470. The van der Waals surface area contributed by atoms with Crippen LogP contribution in [0.25, 0.3) is 22.6 Å². The zero-order valence-corrected chi connectivity index (χ0v) is 35.7. The fourth-order valence-electron chi connectivity index (χ4n) is 4.86. The topological polar surface area (TPSA) is 124 Å². The molecule has 1 saturated heterocycles. The van der Waals surface area contributed by atoms with Crippen molar-refractivity contribution in [2.45, 2.75) is 161 Å². The van der Waals surface area contributed by atoms with Crippen LogP contribution < -0.4 is 5.73 Å². The Balaban J connectivity index is 1.88. The number of fused-ring (bicyclic) bond motifs is 1. The zero-order chi connectivity index (χ0) is 36.4. The van der Waals surface area contributed by atoms with Gasteiger partial charge in [0.25, 0.3) is 0 Å². The summed E-state index contributed by atoms with van der Waals surface area (Å²) in [6, 6.07) is 0.203. The van der Waals surface area contributed by atoms with Gasteiger partial charge in [-0.3, -0.25) is 9.25 Å². The smallest absolute Gasteiger partial charge is 0.192 e. The Kier molecular flexibility index (Phi) is 10.5. The number of hydrogen-bond donors (Lipinski definition) is 1. The molecule has 2 N–H and O–H groups in total. The largest absolute Gasteiger partial charge is 0.414 e. The van der Waals surface area contributed by atoms with Gasteiger partial charge in [-0.05, 0) is 68.2 Å². The van der Waals surface area contributed by atoms with Gasteiger partial charge < -0.3 is 23.7 Å². The van der Waals surface area contributed by atoms with Crippen molar-refractivity contribution in [3.63, 3.8) is 0 Å². The first-order chi connectivity index (χ1) is 21.7. The van der Waals surface area contributed by atoms with Crippen LogP contribution in [0.4, 0.5) is 5.82 Å². The van der Waals surface area contributed by atoms with Gasteiger partial charge in [0.2, 0.25) is 0 Å². The maximum atomic E-state index is 7.35. The van der Waals surface area contributed by atoms with Crippen molar-refractivity contribution in [1.29, 1.82) is 0 Å². The van der Waals surface area contributed by atoms with Crippen LogP contribution in [0.3, 0.4) is 0 Å². The van der Waals surface area contributed by atoms with Crippen molar-refractivity contribution in [2.24, 2.45) is 0 Å². The summed E-state index contributed by atoms with van der Waals surface area (Å²) < 4.78 is 32.5. The summed E-state index contributed by atoms with van der Waals surface area (Å²) in [7, 11) is -6.73. The number of nitrogens with two attached hydrogens (primary N) is 1. The Hall–Kier alpha value is -1.95. The summed E-state index contributed by atoms with van der Waals surface area (Å²) in [5, 5.41) is 4.50. The fraction of sp³-hybridized carbons (Fsp3) is 0.765. The van der Waals surface area contributed by atoms with E-state index in [2.05, 4.69) is 126 Å². The van der Waals surface area contributed by atoms with Crippen LogP contribution in [0.2, 0.25) is 54.4 Å². The van der Waals surface area contributed by atoms with E-state index >= 15 is 0 Å². The van der Waals surface area contributed by atoms with Gasteiger partial charge in [0.15, 0.2) is 48.5 Å². The van der Waals surface area contributed by atoms with Crippen LogP contribution >= 0.6 is 0 Å². The normalized spacial score (nSPS) is 22.0. The Bertz CT molecular complexity index is 1580. The van der Waals surface area contributed by atoms with Crippen LogP contribution in [0, 0.1) is 0 Å². The fourth-order valence-corrected chi connectivity index (χ4v) is 8.48. The van der Waals surface area contributed by atoms with Crippen molar-refractivity contribution in [2.75, 3.05) is 12.3 Å². The monoisotopic (exact) mass is 717 g/mol. The van der Waals surface area contributed by atoms with Gasteiger partial charge in [-0.25, -0.2) is 15.0 Å². The molecule has 3 aromatic heterocycles. The molecule has 14 heteroatoms. The van der Waals surface area contributed by atoms with Crippen LogP contribution in [-0.2, 0) is 18.0 Å². The Morgan fingerprint density at radius 1 is 0.833 bits per heavy atom. The summed E-state index contributed by atoms with van der Waals surface area (Å²) >= 11 is 0. The molecule has 0 radical (unpaired) electrons. The zero-order valence-electron chi connectivity index (χ0n) is 32.7. The molecule has 1 aliphatic rings. The summed E-state index contributed by atoms with van der Waals surface area (Å²) in [5.74, 6) is 0.790. The second-order valence-electron chi connectivity index (χ2n) is 18.4. The first kappa shape index (κ1) is 38.8. The first-order valence-corrected chi connectivity index (χ1v) is 26.1. The number of anilines is 1. The predicted octanol–water partition coefficient (Wildman–Crippen LogP) is 8.55. The molecular weight excluding hydrogens is 655 g/mol. The molecule has 0 bridgehead atoms. The van der Waals surface area contributed by atoms with Gasteiger partial charge in [-0.1, -0.05) is 62.3 Å². The molecule has 4 rings (SSSR count). The standard InChI is InChI=1S/C34H63N7O4Si3/c1-22(2)41-19-23(18-37-41)29-38-28(35)25-30(39-29)40(21-36-25)31-27(45-48(16,17)34(9,10)11)26(44-47(14,15)33(6,7)8)24(43-31)20-42-46(12,13)32(3,4)5/h18-19,21-22,24,26-27,31H,20H2,1-17H3,(H2,35,38,39). The minimum absolute atomic E-state index is 0.0177. The number of ether oxygens (including phenoxy) is 1. The second-order valence-corrected chi connectivity index (χ2v) is 32.7. The first-order valence-electron chi connectivity index (χ1n) is 17.4. The van der Waals surface area contributed by atoms with Crippen LogP contribution in [0.5, 0.6) is 0 Å². The highest BCUT2D eigenvalue weighted by atomic mass is 28.4. The van der Waals surface area contributed by atoms with E-state index in [9.17, 15) is 0 Å². The van der Waals surface area contributed by atoms with Crippen molar-refractivity contribution < 1.29 is 18.0 Å². The number of nitrogens with zero attached hydrogens (tertiary/aromatic N) is 6. The third-order valence-corrected chi connectivity index (χ3v) is 24.7. The maximum absolute atomic E-state index is 7.35. The van der Waals surface area contributed by atoms with Crippen LogP contribution in [0.15, 0.2) is 18.7 Å². The highest BCUT2D eigenvalue weighted by Crippen LogP contribution is 2.47. The van der Waals surface area contributed by atoms with Gasteiger partial charge >= 0.3 is 0 Å². The molecule has 3 aromatic rings. The molecule has 1 fully saturated rings. The third kappa shape index (κ3) is 7.69. The second kappa shape index (κ2) is 13.0. The van der Waals surface area contributed by atoms with E-state index in [-0.39, 0.29) is 33.4 Å². The van der Waals surface area contributed by atoms with E-state index < -0.39 is 37.3 Å². The average Bonchev–Trinajstić information content (AvgIpc) is 3.64. The maximum Gasteiger partial charge on any atom is 0.192 e. The molecule has 0 amide bonds. The lowest BCUT2D eigenvalue weighted by Crippen LogP contribution is -2.54. The average molecular weight is 718 g/mol. The summed E-state index contributed by atoms with van der Waals surface area (Å²) in [6.45, 7) is 38.6. The molecular formula is C34H63N7O4Si3. The highest BCUT2D eigenvalue weighted by Gasteiger charge is 2.55. The number of rotatable bonds is 10. The lowest BCUT2D eigenvalue weighted by atomic mass is 10.1. The predicted molar refractivity (Wildman–Crippen MR) is 203 cm³/mol. The molecule has 11 nitrogen and oxygen atoms in total. The van der Waals surface area contributed by atoms with Gasteiger partial charge in [-0.15, -0.1) is 0 Å². The van der Waals surface area contributed by atoms with E-state index in [1.807, 2.05) is 15.4 Å². The Morgan fingerprint density at radius 3 is 1.88 bits per heavy atom. The molecule has 0 aromatic carbocycles. The molecule has 0 saturated carbocycles. The number of aromatic nitrogens is 6. The number of imidazole rings is 1. The van der Waals surface area contributed by atoms with E-state index in [0.29, 0.717) is 29.4 Å². The third-order valence-electron chi connectivity index (χ3n) is 11.3. The van der Waals surface area contributed by atoms with E-state index in [1.54, 1.807) is 12.5 Å². The van der Waals surface area contributed by atoms with Crippen molar-refractivity contribution in [3.8, 4) is 11.4 Å². The lowest BCUT2D eigenvalue weighted by Gasteiger charge is -2.44. The quantitative estimate of drug-likeness (QED) is 0.205. The van der Waals surface area contributed by atoms with Gasteiger partial charge in [0, 0.05) is 12.2 Å². The number of nitrogen functional groups attached to an aromatic ring is 1. The minimum atomic E-state index is -2.34. The molecule has 270 valence electrons. The molecule has 4 atom stereocenters. The van der Waals surface area contributed by atoms with Gasteiger partial charge in [0.05, 0.1) is 24.7 Å². The highest BCUT2D eigenvalue weighted by molar-refractivity contribution is 6.75.